The van der Waals surface area contributed by atoms with Gasteiger partial charge in [0, 0.05) is 6.04 Å². The van der Waals surface area contributed by atoms with Gasteiger partial charge < -0.3 is 15.8 Å². The van der Waals surface area contributed by atoms with Crippen LogP contribution in [0.25, 0.3) is 0 Å². The fourth-order valence-corrected chi connectivity index (χ4v) is 1.74. The van der Waals surface area contributed by atoms with Crippen molar-refractivity contribution in [2.45, 2.75) is 19.4 Å². The van der Waals surface area contributed by atoms with Crippen LogP contribution in [-0.2, 0) is 0 Å². The van der Waals surface area contributed by atoms with E-state index in [0.717, 1.165) is 12.0 Å². The zero-order valence-corrected chi connectivity index (χ0v) is 9.32. The van der Waals surface area contributed by atoms with E-state index >= 15 is 0 Å². The first-order valence-corrected chi connectivity index (χ1v) is 5.53. The Bertz CT molecular complexity index is 404. The van der Waals surface area contributed by atoms with Crippen molar-refractivity contribution < 1.29 is 9.53 Å². The predicted molar refractivity (Wildman–Crippen MR) is 61.5 cm³/mol. The monoisotopic (exact) mass is 220 g/mol. The highest BCUT2D eigenvalue weighted by atomic mass is 16.5. The van der Waals surface area contributed by atoms with Crippen molar-refractivity contribution in [1.29, 1.82) is 0 Å². The van der Waals surface area contributed by atoms with Crippen molar-refractivity contribution in [2.24, 2.45) is 5.73 Å². The van der Waals surface area contributed by atoms with Crippen LogP contribution >= 0.6 is 0 Å². The lowest BCUT2D eigenvalue weighted by Gasteiger charge is -2.12. The van der Waals surface area contributed by atoms with Crippen LogP contribution in [0.3, 0.4) is 0 Å². The van der Waals surface area contributed by atoms with E-state index in [2.05, 4.69) is 5.32 Å². The summed E-state index contributed by atoms with van der Waals surface area (Å²) in [6.45, 7) is 3.08. The molecule has 86 valence electrons. The lowest BCUT2D eigenvalue weighted by molar-refractivity contribution is 0.0957. The summed E-state index contributed by atoms with van der Waals surface area (Å²) in [4.78, 5) is 11.7. The normalized spacial score (nSPS) is 16.8. The Morgan fingerprint density at radius 2 is 2.38 bits per heavy atom. The minimum Gasteiger partial charge on any atom is -0.491 e. The molecule has 1 aromatic carbocycles. The summed E-state index contributed by atoms with van der Waals surface area (Å²) in [7, 11) is 0. The number of hydrogen-bond donors (Lipinski definition) is 2. The number of carbonyl (C=O) groups is 1. The predicted octanol–water partition coefficient (Wildman–Crippen LogP) is 1.22. The molecule has 1 atom stereocenters. The molecule has 0 radical (unpaired) electrons. The van der Waals surface area contributed by atoms with Gasteiger partial charge in [0.25, 0.3) is 5.91 Å². The van der Waals surface area contributed by atoms with Crippen LogP contribution in [0.4, 0.5) is 0 Å². The van der Waals surface area contributed by atoms with Crippen molar-refractivity contribution >= 4 is 5.91 Å². The molecule has 4 nitrogen and oxygen atoms in total. The zero-order chi connectivity index (χ0) is 11.5. The number of nitrogens with two attached hydrogens (primary N) is 1. The average molecular weight is 220 g/mol. The average Bonchev–Trinajstić information content (AvgIpc) is 2.50. The maximum absolute atomic E-state index is 11.7. The van der Waals surface area contributed by atoms with E-state index in [9.17, 15) is 4.79 Å². The number of hydrogen-bond acceptors (Lipinski definition) is 3. The number of fused-ring (bicyclic) bond motifs is 1. The first kappa shape index (κ1) is 11.0. The third-order valence-corrected chi connectivity index (χ3v) is 2.76. The molecular formula is C12H16N2O2. The van der Waals surface area contributed by atoms with Gasteiger partial charge in [-0.2, -0.15) is 0 Å². The molecule has 0 saturated carbocycles. The van der Waals surface area contributed by atoms with Gasteiger partial charge in [0.05, 0.1) is 12.1 Å². The fourth-order valence-electron chi connectivity index (χ4n) is 1.74. The van der Waals surface area contributed by atoms with Crippen molar-refractivity contribution in [3.05, 3.63) is 29.3 Å². The van der Waals surface area contributed by atoms with E-state index in [1.54, 1.807) is 0 Å². The second-order valence-corrected chi connectivity index (χ2v) is 3.87. The van der Waals surface area contributed by atoms with Crippen molar-refractivity contribution in [2.75, 3.05) is 13.2 Å². The molecule has 0 fully saturated rings. The summed E-state index contributed by atoms with van der Waals surface area (Å²) in [5.41, 5.74) is 7.50. The van der Waals surface area contributed by atoms with Gasteiger partial charge in [-0.05, 0) is 24.1 Å². The second-order valence-electron chi connectivity index (χ2n) is 3.87. The molecule has 0 aromatic heterocycles. The van der Waals surface area contributed by atoms with Crippen LogP contribution in [-0.4, -0.2) is 19.1 Å². The molecule has 1 amide bonds. The van der Waals surface area contributed by atoms with Crippen molar-refractivity contribution in [1.82, 2.24) is 5.32 Å². The van der Waals surface area contributed by atoms with Crippen LogP contribution in [0.2, 0.25) is 0 Å². The number of amides is 1. The van der Waals surface area contributed by atoms with E-state index in [4.69, 9.17) is 10.5 Å². The summed E-state index contributed by atoms with van der Waals surface area (Å²) in [5.74, 6) is 0.555. The van der Waals surface area contributed by atoms with Gasteiger partial charge in [0.15, 0.2) is 0 Å². The minimum absolute atomic E-state index is 0.0265. The Hall–Kier alpha value is -1.55. The first-order valence-electron chi connectivity index (χ1n) is 5.53. The SMILES string of the molecule is CC[C@H](N)c1ccc2c(c1)C(=O)NCCO2. The molecule has 16 heavy (non-hydrogen) atoms. The highest BCUT2D eigenvalue weighted by Gasteiger charge is 2.17. The molecule has 0 bridgehead atoms. The number of carbonyl (C=O) groups excluding carboxylic acids is 1. The van der Waals surface area contributed by atoms with Crippen LogP contribution in [0.15, 0.2) is 18.2 Å². The van der Waals surface area contributed by atoms with Crippen LogP contribution < -0.4 is 15.8 Å². The van der Waals surface area contributed by atoms with Crippen molar-refractivity contribution in [3.8, 4) is 5.75 Å². The van der Waals surface area contributed by atoms with Gasteiger partial charge in [-0.15, -0.1) is 0 Å². The van der Waals surface area contributed by atoms with Gasteiger partial charge in [-0.1, -0.05) is 13.0 Å². The Kier molecular flexibility index (Phi) is 3.10. The third-order valence-electron chi connectivity index (χ3n) is 2.76. The summed E-state index contributed by atoms with van der Waals surface area (Å²) in [6, 6.07) is 5.54. The Labute approximate surface area is 94.8 Å². The standard InChI is InChI=1S/C12H16N2O2/c1-2-10(13)8-3-4-11-9(7-8)12(15)14-5-6-16-11/h3-4,7,10H,2,5-6,13H2,1H3,(H,14,15)/t10-/m0/s1. The minimum atomic E-state index is -0.0855. The van der Waals surface area contributed by atoms with Gasteiger partial charge in [-0.3, -0.25) is 4.79 Å². The molecule has 1 aliphatic rings. The smallest absolute Gasteiger partial charge is 0.255 e. The molecular weight excluding hydrogens is 204 g/mol. The van der Waals surface area contributed by atoms with E-state index in [-0.39, 0.29) is 11.9 Å². The zero-order valence-electron chi connectivity index (χ0n) is 9.32. The fraction of sp³-hybridized carbons (Fsp3) is 0.417. The summed E-state index contributed by atoms with van der Waals surface area (Å²) in [6.07, 6.45) is 0.848. The largest absolute Gasteiger partial charge is 0.491 e. The molecule has 0 aliphatic carbocycles. The molecule has 0 saturated heterocycles. The highest BCUT2D eigenvalue weighted by Crippen LogP contribution is 2.24. The number of benzene rings is 1. The number of nitrogens with one attached hydrogen (secondary N) is 1. The van der Waals surface area contributed by atoms with Crippen molar-refractivity contribution in [3.63, 3.8) is 0 Å². The van der Waals surface area contributed by atoms with Gasteiger partial charge in [0.1, 0.15) is 12.4 Å². The summed E-state index contributed by atoms with van der Waals surface area (Å²) >= 11 is 0. The van der Waals surface area contributed by atoms with E-state index < -0.39 is 0 Å². The summed E-state index contributed by atoms with van der Waals surface area (Å²) in [5, 5.41) is 2.78. The first-order chi connectivity index (χ1) is 7.72. The Morgan fingerprint density at radius 1 is 1.56 bits per heavy atom. The molecule has 4 heteroatoms. The quantitative estimate of drug-likeness (QED) is 0.787. The lowest BCUT2D eigenvalue weighted by atomic mass is 10.0. The molecule has 0 unspecified atom stereocenters. The van der Waals surface area contributed by atoms with E-state index in [1.165, 1.54) is 0 Å². The molecule has 0 spiro atoms. The van der Waals surface area contributed by atoms with Crippen LogP contribution in [0.1, 0.15) is 35.3 Å². The van der Waals surface area contributed by atoms with Gasteiger partial charge in [0.2, 0.25) is 0 Å². The molecule has 2 rings (SSSR count). The lowest BCUT2D eigenvalue weighted by Crippen LogP contribution is -2.24. The third kappa shape index (κ3) is 2.02. The highest BCUT2D eigenvalue weighted by molar-refractivity contribution is 5.97. The van der Waals surface area contributed by atoms with Gasteiger partial charge in [-0.25, -0.2) is 0 Å². The van der Waals surface area contributed by atoms with Crippen LogP contribution in [0, 0.1) is 0 Å². The summed E-state index contributed by atoms with van der Waals surface area (Å²) < 4.78 is 5.46. The topological polar surface area (TPSA) is 64.4 Å². The number of rotatable bonds is 2. The second kappa shape index (κ2) is 4.53. The van der Waals surface area contributed by atoms with E-state index in [0.29, 0.717) is 24.5 Å². The maximum Gasteiger partial charge on any atom is 0.255 e. The van der Waals surface area contributed by atoms with Crippen LogP contribution in [0.5, 0.6) is 5.75 Å². The van der Waals surface area contributed by atoms with E-state index in [1.807, 2.05) is 25.1 Å². The molecule has 3 N–H and O–H groups in total. The molecule has 1 heterocycles. The maximum atomic E-state index is 11.7. The Balaban J connectivity index is 2.39. The number of ether oxygens (including phenoxy) is 1. The Morgan fingerprint density at radius 3 is 3.12 bits per heavy atom. The molecule has 1 aliphatic heterocycles. The molecule has 1 aromatic rings. The van der Waals surface area contributed by atoms with Gasteiger partial charge >= 0.3 is 0 Å².